The fourth-order valence-corrected chi connectivity index (χ4v) is 3.39. The number of aliphatic hydroxyl groups excluding tert-OH is 2. The lowest BCUT2D eigenvalue weighted by molar-refractivity contribution is -0.215. The van der Waals surface area contributed by atoms with Gasteiger partial charge in [0.2, 0.25) is 0 Å². The van der Waals surface area contributed by atoms with Crippen LogP contribution in [0.3, 0.4) is 0 Å². The van der Waals surface area contributed by atoms with E-state index in [1.807, 2.05) is 32.8 Å². The average molecular weight is 290 g/mol. The van der Waals surface area contributed by atoms with Gasteiger partial charge in [-0.15, -0.1) is 0 Å². The maximum Gasteiger partial charge on any atom is 0.161 e. The molecular formula is C12H22N2O4S. The number of rotatable bonds is 2. The van der Waals surface area contributed by atoms with E-state index in [9.17, 15) is 10.2 Å². The van der Waals surface area contributed by atoms with E-state index in [0.717, 1.165) is 5.17 Å². The first-order valence-electron chi connectivity index (χ1n) is 6.26. The van der Waals surface area contributed by atoms with Gasteiger partial charge < -0.3 is 24.6 Å². The molecule has 2 aliphatic heterocycles. The summed E-state index contributed by atoms with van der Waals surface area (Å²) in [6.07, 6.45) is -2.54. The molecule has 0 aromatic heterocycles. The molecule has 2 heterocycles. The van der Waals surface area contributed by atoms with Crippen LogP contribution in [0.2, 0.25) is 0 Å². The minimum atomic E-state index is -1.01. The highest BCUT2D eigenvalue weighted by Crippen LogP contribution is 2.40. The molecule has 0 aromatic rings. The summed E-state index contributed by atoms with van der Waals surface area (Å²) in [5, 5.41) is 21.3. The van der Waals surface area contributed by atoms with Crippen LogP contribution in [0.1, 0.15) is 13.8 Å². The number of hydrogen-bond donors (Lipinski definition) is 2. The number of fused-ring (bicyclic) bond motifs is 1. The van der Waals surface area contributed by atoms with Crippen molar-refractivity contribution in [3.8, 4) is 0 Å². The standard InChI is InChI=1S/C12H22N2O4S/c1-12(2,17-5)9-8(16)7(15)6-10(18-9)19-11(13-6)14(3)4/h6-10,15-16H,1-5H3/t6-,7-,8+,9+,10-/m1/s1. The molecule has 0 unspecified atom stereocenters. The van der Waals surface area contributed by atoms with E-state index in [-0.39, 0.29) is 5.44 Å². The first-order chi connectivity index (χ1) is 8.77. The van der Waals surface area contributed by atoms with Gasteiger partial charge in [0.1, 0.15) is 29.8 Å². The van der Waals surface area contributed by atoms with Crippen LogP contribution >= 0.6 is 11.8 Å². The molecule has 7 heteroatoms. The van der Waals surface area contributed by atoms with Crippen LogP contribution in [-0.2, 0) is 9.47 Å². The van der Waals surface area contributed by atoms with Crippen molar-refractivity contribution in [3.63, 3.8) is 0 Å². The Hall–Kier alpha value is -0.340. The quantitative estimate of drug-likeness (QED) is 0.739. The molecule has 2 N–H and O–H groups in total. The summed E-state index contributed by atoms with van der Waals surface area (Å²) >= 11 is 1.47. The first kappa shape index (κ1) is 15.1. The van der Waals surface area contributed by atoms with Gasteiger partial charge in [0, 0.05) is 21.2 Å². The maximum absolute atomic E-state index is 10.3. The number of aliphatic imine (C=N–C) groups is 1. The van der Waals surface area contributed by atoms with E-state index in [0.29, 0.717) is 0 Å². The van der Waals surface area contributed by atoms with Crippen LogP contribution in [0, 0.1) is 0 Å². The summed E-state index contributed by atoms with van der Waals surface area (Å²) in [5.74, 6) is 0. The van der Waals surface area contributed by atoms with E-state index >= 15 is 0 Å². The van der Waals surface area contributed by atoms with Gasteiger partial charge in [-0.05, 0) is 13.8 Å². The van der Waals surface area contributed by atoms with Gasteiger partial charge >= 0.3 is 0 Å². The van der Waals surface area contributed by atoms with Crippen molar-refractivity contribution >= 4 is 16.9 Å². The monoisotopic (exact) mass is 290 g/mol. The topological polar surface area (TPSA) is 74.5 Å². The number of thioether (sulfide) groups is 1. The molecule has 110 valence electrons. The highest BCUT2D eigenvalue weighted by Gasteiger charge is 2.52. The zero-order chi connectivity index (χ0) is 14.4. The van der Waals surface area contributed by atoms with Gasteiger partial charge in [-0.2, -0.15) is 0 Å². The third kappa shape index (κ3) is 2.62. The van der Waals surface area contributed by atoms with Gasteiger partial charge in [-0.1, -0.05) is 11.8 Å². The molecule has 0 aromatic carbocycles. The van der Waals surface area contributed by atoms with Crippen LogP contribution in [0.25, 0.3) is 0 Å². The summed E-state index contributed by atoms with van der Waals surface area (Å²) in [4.78, 5) is 6.29. The fraction of sp³-hybridized carbons (Fsp3) is 0.917. The normalized spacial score (nSPS) is 38.9. The predicted molar refractivity (Wildman–Crippen MR) is 74.3 cm³/mol. The molecule has 6 nitrogen and oxygen atoms in total. The zero-order valence-corrected chi connectivity index (χ0v) is 12.7. The summed E-state index contributed by atoms with van der Waals surface area (Å²) in [6, 6.07) is -0.429. The highest BCUT2D eigenvalue weighted by atomic mass is 32.2. The summed E-state index contributed by atoms with van der Waals surface area (Å²) in [6.45, 7) is 3.67. The Balaban J connectivity index is 2.19. The third-order valence-corrected chi connectivity index (χ3v) is 4.95. The van der Waals surface area contributed by atoms with Gasteiger partial charge in [0.05, 0.1) is 5.60 Å². The van der Waals surface area contributed by atoms with E-state index in [2.05, 4.69) is 4.99 Å². The maximum atomic E-state index is 10.3. The second kappa shape index (κ2) is 5.21. The van der Waals surface area contributed by atoms with Crippen molar-refractivity contribution in [2.45, 2.75) is 49.2 Å². The van der Waals surface area contributed by atoms with Gasteiger partial charge in [0.15, 0.2) is 5.17 Å². The van der Waals surface area contributed by atoms with E-state index in [1.165, 1.54) is 11.8 Å². The molecule has 0 spiro atoms. The summed E-state index contributed by atoms with van der Waals surface area (Å²) < 4.78 is 11.3. The van der Waals surface area contributed by atoms with Crippen molar-refractivity contribution in [1.82, 2.24) is 4.90 Å². The molecule has 0 radical (unpaired) electrons. The molecule has 5 atom stereocenters. The van der Waals surface area contributed by atoms with Gasteiger partial charge in [-0.25, -0.2) is 0 Å². The van der Waals surface area contributed by atoms with Crippen molar-refractivity contribution in [2.75, 3.05) is 21.2 Å². The molecule has 0 amide bonds. The molecule has 0 bridgehead atoms. The van der Waals surface area contributed by atoms with Crippen LogP contribution in [0.4, 0.5) is 0 Å². The zero-order valence-electron chi connectivity index (χ0n) is 11.9. The second-order valence-electron chi connectivity index (χ2n) is 5.63. The third-order valence-electron chi connectivity index (χ3n) is 3.64. The molecular weight excluding hydrogens is 268 g/mol. The number of hydrogen-bond acceptors (Lipinski definition) is 7. The van der Waals surface area contributed by atoms with E-state index in [1.54, 1.807) is 7.11 Å². The molecule has 1 fully saturated rings. The Morgan fingerprint density at radius 1 is 1.32 bits per heavy atom. The van der Waals surface area contributed by atoms with E-state index < -0.39 is 30.0 Å². The van der Waals surface area contributed by atoms with Gasteiger partial charge in [-0.3, -0.25) is 4.99 Å². The lowest BCUT2D eigenvalue weighted by Crippen LogP contribution is -2.61. The Morgan fingerprint density at radius 3 is 2.47 bits per heavy atom. The van der Waals surface area contributed by atoms with Crippen molar-refractivity contribution in [3.05, 3.63) is 0 Å². The number of amidine groups is 1. The minimum absolute atomic E-state index is 0.282. The van der Waals surface area contributed by atoms with Crippen molar-refractivity contribution in [1.29, 1.82) is 0 Å². The Labute approximate surface area is 117 Å². The second-order valence-corrected chi connectivity index (χ2v) is 6.69. The molecule has 2 aliphatic rings. The summed E-state index contributed by atoms with van der Waals surface area (Å²) in [5.41, 5.74) is -0.956. The number of methoxy groups -OCH3 is 1. The number of nitrogens with zero attached hydrogens (tertiary/aromatic N) is 2. The molecule has 2 rings (SSSR count). The molecule has 0 saturated carbocycles. The Kier molecular flexibility index (Phi) is 4.13. The Bertz CT molecular complexity index is 375. The molecule has 19 heavy (non-hydrogen) atoms. The fourth-order valence-electron chi connectivity index (χ4n) is 2.26. The largest absolute Gasteiger partial charge is 0.388 e. The van der Waals surface area contributed by atoms with Crippen LogP contribution in [0.15, 0.2) is 4.99 Å². The highest BCUT2D eigenvalue weighted by molar-refractivity contribution is 8.14. The van der Waals surface area contributed by atoms with Crippen LogP contribution in [0.5, 0.6) is 0 Å². The Morgan fingerprint density at radius 2 is 1.95 bits per heavy atom. The lowest BCUT2D eigenvalue weighted by atomic mass is 9.88. The van der Waals surface area contributed by atoms with Crippen LogP contribution in [-0.4, -0.2) is 76.9 Å². The van der Waals surface area contributed by atoms with Crippen molar-refractivity contribution in [2.24, 2.45) is 4.99 Å². The van der Waals surface area contributed by atoms with Crippen LogP contribution < -0.4 is 0 Å². The molecule has 0 aliphatic carbocycles. The van der Waals surface area contributed by atoms with Crippen molar-refractivity contribution < 1.29 is 19.7 Å². The number of ether oxygens (including phenoxy) is 2. The minimum Gasteiger partial charge on any atom is -0.388 e. The first-order valence-corrected chi connectivity index (χ1v) is 7.14. The SMILES string of the molecule is COC(C)(C)[C@H]1O[C@@H]2SC(N(C)C)=N[C@@H]2[C@@H](O)[C@@H]1O. The average Bonchev–Trinajstić information content (AvgIpc) is 2.78. The smallest absolute Gasteiger partial charge is 0.161 e. The van der Waals surface area contributed by atoms with Gasteiger partial charge in [0.25, 0.3) is 0 Å². The molecule has 1 saturated heterocycles. The number of aliphatic hydroxyl groups is 2. The predicted octanol–water partition coefficient (Wildman–Crippen LogP) is -0.109. The lowest BCUT2D eigenvalue weighted by Gasteiger charge is -2.44. The summed E-state index contributed by atoms with van der Waals surface area (Å²) in [7, 11) is 5.35. The van der Waals surface area contributed by atoms with E-state index in [4.69, 9.17) is 9.47 Å².